The molecule has 1 N–H and O–H groups in total. The van der Waals surface area contributed by atoms with Crippen molar-refractivity contribution in [2.75, 3.05) is 64.5 Å². The third-order valence-electron chi connectivity index (χ3n) is 7.38. The number of piperazine rings is 1. The van der Waals surface area contributed by atoms with Crippen molar-refractivity contribution in [2.24, 2.45) is 5.92 Å². The molecule has 0 spiro atoms. The van der Waals surface area contributed by atoms with Crippen LogP contribution in [-0.4, -0.2) is 87.2 Å². The van der Waals surface area contributed by atoms with Crippen LogP contribution in [0.3, 0.4) is 0 Å². The Morgan fingerprint density at radius 2 is 1.86 bits per heavy atom. The Kier molecular flexibility index (Phi) is 7.20. The number of anilines is 1. The SMILES string of the molecule is COc1ccc2c(c1)N1CCN(CC(=O)N3CCOCC3)C[C@H]1[C@H](C(=O)NCc1ccccc1)C2. The Bertz CT molecular complexity index is 1040. The number of nitrogens with zero attached hydrogens (tertiary/aromatic N) is 3. The molecule has 186 valence electrons. The van der Waals surface area contributed by atoms with Gasteiger partial charge < -0.3 is 24.6 Å². The first-order valence-electron chi connectivity index (χ1n) is 12.5. The second-order valence-electron chi connectivity index (χ2n) is 9.50. The number of benzene rings is 2. The molecule has 8 nitrogen and oxygen atoms in total. The molecule has 0 radical (unpaired) electrons. The highest BCUT2D eigenvalue weighted by Gasteiger charge is 2.42. The van der Waals surface area contributed by atoms with Gasteiger partial charge in [-0.3, -0.25) is 14.5 Å². The van der Waals surface area contributed by atoms with Gasteiger partial charge in [0.05, 0.1) is 38.8 Å². The molecule has 3 aliphatic heterocycles. The summed E-state index contributed by atoms with van der Waals surface area (Å²) in [6.07, 6.45) is 0.673. The van der Waals surface area contributed by atoms with E-state index in [9.17, 15) is 9.59 Å². The van der Waals surface area contributed by atoms with Crippen molar-refractivity contribution < 1.29 is 19.1 Å². The number of methoxy groups -OCH3 is 1. The third kappa shape index (κ3) is 5.28. The Balaban J connectivity index is 1.33. The molecule has 2 fully saturated rings. The molecule has 0 unspecified atom stereocenters. The lowest BCUT2D eigenvalue weighted by molar-refractivity contribution is -0.136. The van der Waals surface area contributed by atoms with Crippen molar-refractivity contribution in [3.8, 4) is 5.75 Å². The monoisotopic (exact) mass is 478 g/mol. The van der Waals surface area contributed by atoms with Crippen LogP contribution in [0, 0.1) is 5.92 Å². The molecule has 2 aromatic rings. The van der Waals surface area contributed by atoms with Gasteiger partial charge in [0.2, 0.25) is 11.8 Å². The van der Waals surface area contributed by atoms with Crippen LogP contribution in [0.5, 0.6) is 5.75 Å². The molecule has 0 aromatic heterocycles. The number of hydrogen-bond donors (Lipinski definition) is 1. The van der Waals surface area contributed by atoms with Crippen molar-refractivity contribution >= 4 is 17.5 Å². The molecule has 0 aliphatic carbocycles. The quantitative estimate of drug-likeness (QED) is 0.679. The molecular weight excluding hydrogens is 444 g/mol. The van der Waals surface area contributed by atoms with Crippen LogP contribution in [0.4, 0.5) is 5.69 Å². The normalized spacial score (nSPS) is 22.2. The molecule has 2 amide bonds. The van der Waals surface area contributed by atoms with Crippen LogP contribution < -0.4 is 15.0 Å². The van der Waals surface area contributed by atoms with Gasteiger partial charge in [-0.05, 0) is 23.6 Å². The number of carbonyl (C=O) groups is 2. The zero-order valence-corrected chi connectivity index (χ0v) is 20.3. The topological polar surface area (TPSA) is 74.3 Å². The van der Waals surface area contributed by atoms with Gasteiger partial charge in [0.15, 0.2) is 0 Å². The third-order valence-corrected chi connectivity index (χ3v) is 7.38. The Morgan fingerprint density at radius 3 is 2.63 bits per heavy atom. The van der Waals surface area contributed by atoms with Crippen LogP contribution in [0.25, 0.3) is 0 Å². The van der Waals surface area contributed by atoms with Crippen molar-refractivity contribution in [3.63, 3.8) is 0 Å². The summed E-state index contributed by atoms with van der Waals surface area (Å²) >= 11 is 0. The van der Waals surface area contributed by atoms with E-state index in [0.29, 0.717) is 52.4 Å². The molecule has 8 heteroatoms. The second-order valence-corrected chi connectivity index (χ2v) is 9.50. The summed E-state index contributed by atoms with van der Waals surface area (Å²) in [6.45, 7) is 5.63. The van der Waals surface area contributed by atoms with Gasteiger partial charge in [0.25, 0.3) is 0 Å². The molecule has 2 saturated heterocycles. The van der Waals surface area contributed by atoms with Gasteiger partial charge in [0.1, 0.15) is 5.75 Å². The first-order chi connectivity index (χ1) is 17.1. The van der Waals surface area contributed by atoms with E-state index in [1.165, 1.54) is 5.56 Å². The van der Waals surface area contributed by atoms with Crippen LogP contribution in [0.1, 0.15) is 11.1 Å². The number of rotatable bonds is 6. The van der Waals surface area contributed by atoms with Crippen LogP contribution in [0.15, 0.2) is 48.5 Å². The minimum atomic E-state index is -0.194. The summed E-state index contributed by atoms with van der Waals surface area (Å²) in [5.41, 5.74) is 3.39. The minimum Gasteiger partial charge on any atom is -0.497 e. The van der Waals surface area contributed by atoms with Gasteiger partial charge in [0, 0.05) is 51.0 Å². The van der Waals surface area contributed by atoms with Crippen LogP contribution in [-0.2, 0) is 27.3 Å². The number of hydrogen-bond acceptors (Lipinski definition) is 6. The summed E-state index contributed by atoms with van der Waals surface area (Å²) in [7, 11) is 1.68. The Morgan fingerprint density at radius 1 is 1.06 bits per heavy atom. The van der Waals surface area contributed by atoms with Gasteiger partial charge in [-0.1, -0.05) is 36.4 Å². The number of morpholine rings is 1. The second kappa shape index (κ2) is 10.7. The summed E-state index contributed by atoms with van der Waals surface area (Å²) < 4.78 is 10.9. The number of nitrogens with one attached hydrogen (secondary N) is 1. The largest absolute Gasteiger partial charge is 0.497 e. The molecule has 2 atom stereocenters. The average molecular weight is 479 g/mol. The fourth-order valence-electron chi connectivity index (χ4n) is 5.43. The Hall–Kier alpha value is -3.10. The van der Waals surface area contributed by atoms with Crippen LogP contribution >= 0.6 is 0 Å². The number of carbonyl (C=O) groups excluding carboxylic acids is 2. The maximum Gasteiger partial charge on any atom is 0.236 e. The van der Waals surface area contributed by atoms with Crippen molar-refractivity contribution in [1.82, 2.24) is 15.1 Å². The lowest BCUT2D eigenvalue weighted by Crippen LogP contribution is -2.62. The Labute approximate surface area is 206 Å². The zero-order valence-electron chi connectivity index (χ0n) is 20.3. The molecule has 35 heavy (non-hydrogen) atoms. The first-order valence-corrected chi connectivity index (χ1v) is 12.5. The molecule has 2 aromatic carbocycles. The number of ether oxygens (including phenoxy) is 2. The fraction of sp³-hybridized carbons (Fsp3) is 0.481. The van der Waals surface area contributed by atoms with E-state index in [1.807, 2.05) is 41.3 Å². The van der Waals surface area contributed by atoms with Crippen molar-refractivity contribution in [3.05, 3.63) is 59.7 Å². The van der Waals surface area contributed by atoms with E-state index in [0.717, 1.165) is 30.1 Å². The number of fused-ring (bicyclic) bond motifs is 3. The summed E-state index contributed by atoms with van der Waals surface area (Å²) in [6, 6.07) is 16.1. The van der Waals surface area contributed by atoms with E-state index < -0.39 is 0 Å². The fourth-order valence-corrected chi connectivity index (χ4v) is 5.43. The van der Waals surface area contributed by atoms with E-state index in [4.69, 9.17) is 9.47 Å². The molecule has 0 bridgehead atoms. The average Bonchev–Trinajstić information content (AvgIpc) is 2.92. The first kappa shape index (κ1) is 23.6. The predicted molar refractivity (Wildman–Crippen MR) is 133 cm³/mol. The lowest BCUT2D eigenvalue weighted by Gasteiger charge is -2.49. The van der Waals surface area contributed by atoms with Gasteiger partial charge in [-0.25, -0.2) is 0 Å². The van der Waals surface area contributed by atoms with Gasteiger partial charge in [-0.2, -0.15) is 0 Å². The predicted octanol–water partition coefficient (Wildman–Crippen LogP) is 1.53. The standard InChI is InChI=1S/C27H34N4O4/c1-34-22-8-7-21-15-23(27(33)28-17-20-5-3-2-4-6-20)25-18-29(9-10-31(25)24(21)16-22)19-26(32)30-11-13-35-14-12-30/h2-8,16,23,25H,9-15,17-19H2,1H3,(H,28,33)/t23-,25+/m1/s1. The number of amides is 2. The van der Waals surface area contributed by atoms with Gasteiger partial charge in [-0.15, -0.1) is 0 Å². The molecular formula is C27H34N4O4. The van der Waals surface area contributed by atoms with Crippen molar-refractivity contribution in [1.29, 1.82) is 0 Å². The highest BCUT2D eigenvalue weighted by Crippen LogP contribution is 2.38. The zero-order chi connectivity index (χ0) is 24.2. The van der Waals surface area contributed by atoms with E-state index >= 15 is 0 Å². The smallest absolute Gasteiger partial charge is 0.236 e. The maximum atomic E-state index is 13.5. The molecule has 3 aliphatic rings. The maximum absolute atomic E-state index is 13.5. The summed E-state index contributed by atoms with van der Waals surface area (Å²) in [5, 5.41) is 3.16. The van der Waals surface area contributed by atoms with E-state index in [2.05, 4.69) is 27.2 Å². The molecule has 3 heterocycles. The highest BCUT2D eigenvalue weighted by molar-refractivity contribution is 5.82. The van der Waals surface area contributed by atoms with Gasteiger partial charge >= 0.3 is 0 Å². The van der Waals surface area contributed by atoms with Crippen LogP contribution in [0.2, 0.25) is 0 Å². The lowest BCUT2D eigenvalue weighted by atomic mass is 9.83. The van der Waals surface area contributed by atoms with E-state index in [1.54, 1.807) is 7.11 Å². The molecule has 0 saturated carbocycles. The highest BCUT2D eigenvalue weighted by atomic mass is 16.5. The van der Waals surface area contributed by atoms with E-state index in [-0.39, 0.29) is 23.8 Å². The van der Waals surface area contributed by atoms with Crippen molar-refractivity contribution in [2.45, 2.75) is 19.0 Å². The summed E-state index contributed by atoms with van der Waals surface area (Å²) in [5.74, 6) is 0.830. The summed E-state index contributed by atoms with van der Waals surface area (Å²) in [4.78, 5) is 32.8. The minimum absolute atomic E-state index is 0.00313. The molecule has 5 rings (SSSR count).